The highest BCUT2D eigenvalue weighted by atomic mass is 16.3. The summed E-state index contributed by atoms with van der Waals surface area (Å²) >= 11 is 0. The summed E-state index contributed by atoms with van der Waals surface area (Å²) in [4.78, 5) is 15.0. The molecule has 1 atom stereocenters. The maximum absolute atomic E-state index is 13.0. The SMILES string of the molecule is Cc1nn(C)c(C)c1[C@H]1CCCN1C(=O)c1cc2ccccc2o1. The van der Waals surface area contributed by atoms with Crippen molar-refractivity contribution in [2.45, 2.75) is 32.7 Å². The van der Waals surface area contributed by atoms with Gasteiger partial charge in [-0.2, -0.15) is 5.10 Å². The van der Waals surface area contributed by atoms with Crippen LogP contribution in [0, 0.1) is 13.8 Å². The number of aryl methyl sites for hydroxylation is 2. The number of nitrogens with zero attached hydrogens (tertiary/aromatic N) is 3. The number of amides is 1. The number of para-hydroxylation sites is 1. The smallest absolute Gasteiger partial charge is 0.290 e. The van der Waals surface area contributed by atoms with Gasteiger partial charge in [-0.05, 0) is 38.8 Å². The van der Waals surface area contributed by atoms with E-state index in [-0.39, 0.29) is 11.9 Å². The molecular formula is C19H21N3O2. The summed E-state index contributed by atoms with van der Waals surface area (Å²) in [5.41, 5.74) is 4.07. The van der Waals surface area contributed by atoms with Gasteiger partial charge < -0.3 is 9.32 Å². The predicted octanol–water partition coefficient (Wildman–Crippen LogP) is 3.76. The Morgan fingerprint density at radius 2 is 2.08 bits per heavy atom. The van der Waals surface area contributed by atoms with Gasteiger partial charge in [0.05, 0.1) is 11.7 Å². The third kappa shape index (κ3) is 2.23. The maximum Gasteiger partial charge on any atom is 0.290 e. The van der Waals surface area contributed by atoms with Crippen LogP contribution in [0.25, 0.3) is 11.0 Å². The van der Waals surface area contributed by atoms with Crippen molar-refractivity contribution >= 4 is 16.9 Å². The fourth-order valence-corrected chi connectivity index (χ4v) is 3.81. The van der Waals surface area contributed by atoms with Crippen LogP contribution in [0.15, 0.2) is 34.7 Å². The normalized spacial score (nSPS) is 17.8. The number of fused-ring (bicyclic) bond motifs is 1. The summed E-state index contributed by atoms with van der Waals surface area (Å²) in [6.45, 7) is 4.84. The molecule has 1 aliphatic heterocycles. The van der Waals surface area contributed by atoms with Crippen molar-refractivity contribution in [1.82, 2.24) is 14.7 Å². The van der Waals surface area contributed by atoms with Crippen molar-refractivity contribution < 1.29 is 9.21 Å². The van der Waals surface area contributed by atoms with Gasteiger partial charge in [-0.25, -0.2) is 0 Å². The standard InChI is InChI=1S/C19H21N3O2/c1-12-18(13(2)21(3)20-12)15-8-6-10-22(15)19(23)17-11-14-7-4-5-9-16(14)24-17/h4-5,7,9,11,15H,6,8,10H2,1-3H3/t15-/m1/s1. The van der Waals surface area contributed by atoms with Crippen LogP contribution in [0.3, 0.4) is 0 Å². The first kappa shape index (κ1) is 15.0. The molecule has 0 N–H and O–H groups in total. The first-order chi connectivity index (χ1) is 11.6. The molecule has 4 rings (SSSR count). The largest absolute Gasteiger partial charge is 0.451 e. The Morgan fingerprint density at radius 3 is 2.79 bits per heavy atom. The number of hydrogen-bond acceptors (Lipinski definition) is 3. The summed E-state index contributed by atoms with van der Waals surface area (Å²) in [7, 11) is 1.95. The van der Waals surface area contributed by atoms with Gasteiger partial charge in [0, 0.05) is 30.2 Å². The lowest BCUT2D eigenvalue weighted by Gasteiger charge is -2.24. The Hall–Kier alpha value is -2.56. The molecule has 0 saturated carbocycles. The molecule has 0 spiro atoms. The zero-order chi connectivity index (χ0) is 16.8. The minimum absolute atomic E-state index is 0.0312. The fourth-order valence-electron chi connectivity index (χ4n) is 3.81. The van der Waals surface area contributed by atoms with Crippen molar-refractivity contribution in [2.75, 3.05) is 6.54 Å². The fraction of sp³-hybridized carbons (Fsp3) is 0.368. The summed E-state index contributed by atoms with van der Waals surface area (Å²) in [5, 5.41) is 5.48. The second-order valence-corrected chi connectivity index (χ2v) is 6.51. The Labute approximate surface area is 140 Å². The molecule has 3 heterocycles. The van der Waals surface area contributed by atoms with E-state index in [2.05, 4.69) is 12.0 Å². The van der Waals surface area contributed by atoms with Crippen LogP contribution < -0.4 is 0 Å². The van der Waals surface area contributed by atoms with Gasteiger partial charge in [0.2, 0.25) is 0 Å². The number of benzene rings is 1. The second kappa shape index (κ2) is 5.51. The van der Waals surface area contributed by atoms with Crippen LogP contribution in [-0.4, -0.2) is 27.1 Å². The average Bonchev–Trinajstić information content (AvgIpc) is 3.25. The highest BCUT2D eigenvalue weighted by Crippen LogP contribution is 2.36. The molecule has 5 nitrogen and oxygen atoms in total. The first-order valence-electron chi connectivity index (χ1n) is 8.36. The van der Waals surface area contributed by atoms with Crippen LogP contribution in [0.2, 0.25) is 0 Å². The molecule has 1 fully saturated rings. The molecule has 1 saturated heterocycles. The molecule has 0 radical (unpaired) electrons. The Balaban J connectivity index is 1.70. The molecule has 1 aliphatic rings. The number of carbonyl (C=O) groups is 1. The van der Waals surface area contributed by atoms with Crippen LogP contribution in [-0.2, 0) is 7.05 Å². The van der Waals surface area contributed by atoms with Crippen LogP contribution >= 0.6 is 0 Å². The van der Waals surface area contributed by atoms with Crippen molar-refractivity contribution in [3.63, 3.8) is 0 Å². The number of aromatic nitrogens is 2. The maximum atomic E-state index is 13.0. The van der Waals surface area contributed by atoms with Crippen molar-refractivity contribution in [3.8, 4) is 0 Å². The minimum atomic E-state index is -0.0312. The average molecular weight is 323 g/mol. The number of likely N-dealkylation sites (tertiary alicyclic amines) is 1. The summed E-state index contributed by atoms with van der Waals surface area (Å²) in [5.74, 6) is 0.388. The van der Waals surface area contributed by atoms with Gasteiger partial charge in [-0.15, -0.1) is 0 Å². The molecular weight excluding hydrogens is 302 g/mol. The monoisotopic (exact) mass is 323 g/mol. The molecule has 24 heavy (non-hydrogen) atoms. The lowest BCUT2D eigenvalue weighted by atomic mass is 10.0. The molecule has 1 aromatic carbocycles. The van der Waals surface area contributed by atoms with E-state index in [1.165, 1.54) is 5.56 Å². The van der Waals surface area contributed by atoms with Gasteiger partial charge in [-0.1, -0.05) is 18.2 Å². The third-order valence-corrected chi connectivity index (χ3v) is 5.05. The van der Waals surface area contributed by atoms with Crippen molar-refractivity contribution in [2.24, 2.45) is 7.05 Å². The van der Waals surface area contributed by atoms with Crippen LogP contribution in [0.1, 0.15) is 46.4 Å². The molecule has 0 unspecified atom stereocenters. The number of carbonyl (C=O) groups excluding carboxylic acids is 1. The van der Waals surface area contributed by atoms with E-state index in [0.29, 0.717) is 5.76 Å². The minimum Gasteiger partial charge on any atom is -0.451 e. The van der Waals surface area contributed by atoms with Crippen molar-refractivity contribution in [3.05, 3.63) is 53.0 Å². The number of rotatable bonds is 2. The van der Waals surface area contributed by atoms with E-state index >= 15 is 0 Å². The van der Waals surface area contributed by atoms with E-state index in [0.717, 1.165) is 41.7 Å². The van der Waals surface area contributed by atoms with Gasteiger partial charge in [0.15, 0.2) is 5.76 Å². The molecule has 5 heteroatoms. The lowest BCUT2D eigenvalue weighted by Crippen LogP contribution is -2.30. The van der Waals surface area contributed by atoms with Crippen LogP contribution in [0.4, 0.5) is 0 Å². The highest BCUT2D eigenvalue weighted by Gasteiger charge is 2.35. The number of hydrogen-bond donors (Lipinski definition) is 0. The summed E-state index contributed by atoms with van der Waals surface area (Å²) in [6.07, 6.45) is 1.98. The lowest BCUT2D eigenvalue weighted by molar-refractivity contribution is 0.0705. The zero-order valence-electron chi connectivity index (χ0n) is 14.2. The van der Waals surface area contributed by atoms with Gasteiger partial charge in [0.25, 0.3) is 5.91 Å². The van der Waals surface area contributed by atoms with Crippen LogP contribution in [0.5, 0.6) is 0 Å². The molecule has 124 valence electrons. The Kier molecular flexibility index (Phi) is 3.44. The Bertz CT molecular complexity index is 889. The highest BCUT2D eigenvalue weighted by molar-refractivity contribution is 5.96. The van der Waals surface area contributed by atoms with E-state index in [1.54, 1.807) is 0 Å². The first-order valence-corrected chi connectivity index (χ1v) is 8.36. The van der Waals surface area contributed by atoms with Crippen molar-refractivity contribution in [1.29, 1.82) is 0 Å². The summed E-state index contributed by atoms with van der Waals surface area (Å²) < 4.78 is 7.68. The van der Waals surface area contributed by atoms with Gasteiger partial charge in [0.1, 0.15) is 5.58 Å². The summed E-state index contributed by atoms with van der Waals surface area (Å²) in [6, 6.07) is 9.65. The molecule has 2 aromatic heterocycles. The van der Waals surface area contributed by atoms with E-state index in [1.807, 2.05) is 53.9 Å². The quantitative estimate of drug-likeness (QED) is 0.721. The topological polar surface area (TPSA) is 51.3 Å². The molecule has 1 amide bonds. The Morgan fingerprint density at radius 1 is 1.29 bits per heavy atom. The number of furan rings is 1. The van der Waals surface area contributed by atoms with E-state index in [4.69, 9.17) is 4.42 Å². The second-order valence-electron chi connectivity index (χ2n) is 6.51. The molecule has 0 bridgehead atoms. The van der Waals surface area contributed by atoms with Gasteiger partial charge >= 0.3 is 0 Å². The van der Waals surface area contributed by atoms with E-state index < -0.39 is 0 Å². The molecule has 3 aromatic rings. The van der Waals surface area contributed by atoms with Gasteiger partial charge in [-0.3, -0.25) is 9.48 Å². The predicted molar refractivity (Wildman–Crippen MR) is 91.9 cm³/mol. The van der Waals surface area contributed by atoms with E-state index in [9.17, 15) is 4.79 Å². The zero-order valence-corrected chi connectivity index (χ0v) is 14.2. The molecule has 0 aliphatic carbocycles. The third-order valence-electron chi connectivity index (χ3n) is 5.05.